The highest BCUT2D eigenvalue weighted by atomic mass is 32.2. The second-order valence-corrected chi connectivity index (χ2v) is 7.25. The molecule has 1 heterocycles. The molecule has 7 heteroatoms. The maximum Gasteiger partial charge on any atom is 0.252 e. The van der Waals surface area contributed by atoms with Crippen molar-refractivity contribution >= 4 is 34.9 Å². The predicted molar refractivity (Wildman–Crippen MR) is 101 cm³/mol. The van der Waals surface area contributed by atoms with Gasteiger partial charge in [0, 0.05) is 42.0 Å². The molecule has 0 fully saturated rings. The molecule has 134 valence electrons. The Morgan fingerprint density at radius 1 is 1.12 bits per heavy atom. The minimum atomic E-state index is -0.191. The quantitative estimate of drug-likeness (QED) is 0.621. The molecule has 0 aliphatic rings. The van der Waals surface area contributed by atoms with E-state index < -0.39 is 0 Å². The van der Waals surface area contributed by atoms with Gasteiger partial charge < -0.3 is 10.6 Å². The minimum absolute atomic E-state index is 0.0312. The fourth-order valence-electron chi connectivity index (χ4n) is 2.10. The summed E-state index contributed by atoms with van der Waals surface area (Å²) >= 11 is 3.06. The first-order valence-electron chi connectivity index (χ1n) is 8.05. The summed E-state index contributed by atoms with van der Waals surface area (Å²) in [7, 11) is 0. The van der Waals surface area contributed by atoms with Gasteiger partial charge in [-0.05, 0) is 29.5 Å². The lowest BCUT2D eigenvalue weighted by molar-refractivity contribution is -0.121. The molecule has 0 atom stereocenters. The van der Waals surface area contributed by atoms with E-state index >= 15 is 0 Å². The Kier molecular flexibility index (Phi) is 8.48. The van der Waals surface area contributed by atoms with E-state index in [4.69, 9.17) is 0 Å². The van der Waals surface area contributed by atoms with E-state index in [1.807, 2.05) is 11.4 Å². The Balaban J connectivity index is 1.48. The van der Waals surface area contributed by atoms with Crippen LogP contribution in [0.2, 0.25) is 0 Å². The molecule has 0 saturated heterocycles. The van der Waals surface area contributed by atoms with Crippen molar-refractivity contribution < 1.29 is 14.0 Å². The van der Waals surface area contributed by atoms with Crippen molar-refractivity contribution in [3.05, 3.63) is 58.0 Å². The van der Waals surface area contributed by atoms with Gasteiger partial charge in [0.25, 0.3) is 5.91 Å². The normalized spacial score (nSPS) is 10.4. The van der Waals surface area contributed by atoms with Crippen molar-refractivity contribution in [3.63, 3.8) is 0 Å². The molecule has 0 radical (unpaired) electrons. The SMILES string of the molecule is O=C(CCCNC(=O)c1ccsc1)NCCSCc1ccccc1F. The Labute approximate surface area is 155 Å². The topological polar surface area (TPSA) is 58.2 Å². The lowest BCUT2D eigenvalue weighted by Gasteiger charge is -2.07. The number of carbonyl (C=O) groups excluding carboxylic acids is 2. The standard InChI is InChI=1S/C18H21FN2O2S2/c19-16-5-2-1-4-14(16)12-25-11-9-20-17(22)6-3-8-21-18(23)15-7-10-24-13-15/h1-2,4-5,7,10,13H,3,6,8-9,11-12H2,(H,20,22)(H,21,23). The number of thiophene rings is 1. The fraction of sp³-hybridized carbons (Fsp3) is 0.333. The Bertz CT molecular complexity index is 677. The van der Waals surface area contributed by atoms with E-state index in [0.717, 1.165) is 5.75 Å². The van der Waals surface area contributed by atoms with Crippen LogP contribution in [0.25, 0.3) is 0 Å². The van der Waals surface area contributed by atoms with Crippen molar-refractivity contribution in [2.45, 2.75) is 18.6 Å². The third-order valence-electron chi connectivity index (χ3n) is 3.43. The summed E-state index contributed by atoms with van der Waals surface area (Å²) in [6, 6.07) is 8.48. The van der Waals surface area contributed by atoms with Gasteiger partial charge in [0.2, 0.25) is 5.91 Å². The third-order valence-corrected chi connectivity index (χ3v) is 5.12. The molecule has 0 unspecified atom stereocenters. The van der Waals surface area contributed by atoms with Gasteiger partial charge in [0.05, 0.1) is 0 Å². The van der Waals surface area contributed by atoms with Crippen molar-refractivity contribution in [1.82, 2.24) is 10.6 Å². The number of benzene rings is 1. The fourth-order valence-corrected chi connectivity index (χ4v) is 3.58. The smallest absolute Gasteiger partial charge is 0.252 e. The van der Waals surface area contributed by atoms with Gasteiger partial charge >= 0.3 is 0 Å². The van der Waals surface area contributed by atoms with Gasteiger partial charge in [-0.3, -0.25) is 9.59 Å². The molecule has 1 aromatic heterocycles. The van der Waals surface area contributed by atoms with Gasteiger partial charge in [-0.2, -0.15) is 23.1 Å². The van der Waals surface area contributed by atoms with Gasteiger partial charge in [0.15, 0.2) is 0 Å². The highest BCUT2D eigenvalue weighted by Crippen LogP contribution is 2.14. The summed E-state index contributed by atoms with van der Waals surface area (Å²) in [6.45, 7) is 1.03. The summed E-state index contributed by atoms with van der Waals surface area (Å²) in [4.78, 5) is 23.4. The molecule has 2 N–H and O–H groups in total. The number of thioether (sulfide) groups is 1. The number of nitrogens with one attached hydrogen (secondary N) is 2. The van der Waals surface area contributed by atoms with E-state index in [9.17, 15) is 14.0 Å². The molecule has 0 saturated carbocycles. The van der Waals surface area contributed by atoms with E-state index in [0.29, 0.717) is 42.8 Å². The summed E-state index contributed by atoms with van der Waals surface area (Å²) in [5.41, 5.74) is 1.33. The summed E-state index contributed by atoms with van der Waals surface area (Å²) < 4.78 is 13.4. The van der Waals surface area contributed by atoms with Crippen LogP contribution in [0.1, 0.15) is 28.8 Å². The Morgan fingerprint density at radius 3 is 2.72 bits per heavy atom. The Hall–Kier alpha value is -1.86. The maximum atomic E-state index is 13.4. The summed E-state index contributed by atoms with van der Waals surface area (Å²) in [5.74, 6) is 0.998. The zero-order chi connectivity index (χ0) is 17.9. The molecule has 25 heavy (non-hydrogen) atoms. The molecule has 2 amide bonds. The van der Waals surface area contributed by atoms with Crippen LogP contribution in [-0.2, 0) is 10.5 Å². The number of hydrogen-bond donors (Lipinski definition) is 2. The van der Waals surface area contributed by atoms with Crippen LogP contribution < -0.4 is 10.6 Å². The molecule has 0 aliphatic carbocycles. The largest absolute Gasteiger partial charge is 0.355 e. The van der Waals surface area contributed by atoms with Crippen molar-refractivity contribution in [2.75, 3.05) is 18.8 Å². The molecule has 4 nitrogen and oxygen atoms in total. The number of hydrogen-bond acceptors (Lipinski definition) is 4. The molecular weight excluding hydrogens is 359 g/mol. The first-order chi connectivity index (χ1) is 12.2. The first kappa shape index (κ1) is 19.5. The summed E-state index contributed by atoms with van der Waals surface area (Å²) in [5, 5.41) is 9.27. The predicted octanol–water partition coefficient (Wildman–Crippen LogP) is 3.45. The highest BCUT2D eigenvalue weighted by Gasteiger charge is 2.06. The van der Waals surface area contributed by atoms with E-state index in [2.05, 4.69) is 10.6 Å². The van der Waals surface area contributed by atoms with Gasteiger partial charge in [0.1, 0.15) is 5.82 Å². The van der Waals surface area contributed by atoms with Crippen LogP contribution in [0.3, 0.4) is 0 Å². The molecule has 0 bridgehead atoms. The first-order valence-corrected chi connectivity index (χ1v) is 10.1. The van der Waals surface area contributed by atoms with Crippen LogP contribution in [0.15, 0.2) is 41.1 Å². The second-order valence-electron chi connectivity index (χ2n) is 5.37. The molecule has 0 spiro atoms. The molecule has 2 aromatic rings. The number of rotatable bonds is 10. The maximum absolute atomic E-state index is 13.4. The van der Waals surface area contributed by atoms with E-state index in [1.54, 1.807) is 35.3 Å². The third kappa shape index (κ3) is 7.27. The zero-order valence-electron chi connectivity index (χ0n) is 13.8. The minimum Gasteiger partial charge on any atom is -0.355 e. The summed E-state index contributed by atoms with van der Waals surface area (Å²) in [6.07, 6.45) is 0.978. The molecule has 2 rings (SSSR count). The molecular formula is C18H21FN2O2S2. The van der Waals surface area contributed by atoms with Crippen LogP contribution in [0.4, 0.5) is 4.39 Å². The van der Waals surface area contributed by atoms with Crippen molar-refractivity contribution in [1.29, 1.82) is 0 Å². The monoisotopic (exact) mass is 380 g/mol. The molecule has 1 aromatic carbocycles. The van der Waals surface area contributed by atoms with Crippen LogP contribution in [0.5, 0.6) is 0 Å². The zero-order valence-corrected chi connectivity index (χ0v) is 15.4. The van der Waals surface area contributed by atoms with Gasteiger partial charge in [-0.25, -0.2) is 4.39 Å². The van der Waals surface area contributed by atoms with Crippen LogP contribution in [0, 0.1) is 5.82 Å². The van der Waals surface area contributed by atoms with Crippen molar-refractivity contribution in [2.24, 2.45) is 0 Å². The lowest BCUT2D eigenvalue weighted by Crippen LogP contribution is -2.28. The van der Waals surface area contributed by atoms with Gasteiger partial charge in [-0.15, -0.1) is 0 Å². The van der Waals surface area contributed by atoms with Gasteiger partial charge in [-0.1, -0.05) is 18.2 Å². The average Bonchev–Trinajstić information content (AvgIpc) is 3.14. The lowest BCUT2D eigenvalue weighted by atomic mass is 10.2. The average molecular weight is 381 g/mol. The molecule has 0 aliphatic heterocycles. The Morgan fingerprint density at radius 2 is 1.96 bits per heavy atom. The highest BCUT2D eigenvalue weighted by molar-refractivity contribution is 7.98. The van der Waals surface area contributed by atoms with Crippen molar-refractivity contribution in [3.8, 4) is 0 Å². The van der Waals surface area contributed by atoms with Crippen LogP contribution >= 0.6 is 23.1 Å². The van der Waals surface area contributed by atoms with E-state index in [1.165, 1.54) is 17.4 Å². The number of carbonyl (C=O) groups is 2. The number of amides is 2. The van der Waals surface area contributed by atoms with E-state index in [-0.39, 0.29) is 17.6 Å². The van der Waals surface area contributed by atoms with Crippen LogP contribution in [-0.4, -0.2) is 30.7 Å². The second kappa shape index (κ2) is 10.9. The number of halogens is 1.